The van der Waals surface area contributed by atoms with Gasteiger partial charge in [-0.2, -0.15) is 0 Å². The molecule has 0 radical (unpaired) electrons. The molecule has 0 aliphatic carbocycles. The number of hydrogen-bond acceptors (Lipinski definition) is 4. The molecule has 0 spiro atoms. The molecule has 3 fully saturated rings. The first-order valence-corrected chi connectivity index (χ1v) is 8.61. The van der Waals surface area contributed by atoms with Crippen LogP contribution in [-0.4, -0.2) is 66.8 Å². The van der Waals surface area contributed by atoms with Crippen LogP contribution in [0.25, 0.3) is 0 Å². The van der Waals surface area contributed by atoms with Crippen LogP contribution in [0.5, 0.6) is 0 Å². The highest BCUT2D eigenvalue weighted by atomic mass is 16.5. The molecule has 2 N–H and O–H groups in total. The Balaban J connectivity index is 1.74. The Hall–Kier alpha value is -0.160. The van der Waals surface area contributed by atoms with Gasteiger partial charge in [0.15, 0.2) is 0 Å². The Morgan fingerprint density at radius 1 is 1.15 bits per heavy atom. The summed E-state index contributed by atoms with van der Waals surface area (Å²) in [4.78, 5) is 5.41. The summed E-state index contributed by atoms with van der Waals surface area (Å²) >= 11 is 0. The number of piperidine rings is 2. The Bertz CT molecular complexity index is 323. The molecule has 3 heterocycles. The lowest BCUT2D eigenvalue weighted by atomic mass is 9.82. The molecule has 0 aromatic carbocycles. The number of fused-ring (bicyclic) bond motifs is 1. The van der Waals surface area contributed by atoms with Crippen molar-refractivity contribution in [2.45, 2.75) is 63.1 Å². The number of nitrogens with two attached hydrogens (primary N) is 1. The van der Waals surface area contributed by atoms with E-state index in [2.05, 4.69) is 16.7 Å². The van der Waals surface area contributed by atoms with Gasteiger partial charge in [-0.3, -0.25) is 9.80 Å². The third kappa shape index (κ3) is 2.52. The molecule has 3 aliphatic rings. The van der Waals surface area contributed by atoms with Crippen molar-refractivity contribution in [1.82, 2.24) is 9.80 Å². The van der Waals surface area contributed by atoms with Crippen molar-refractivity contribution in [2.75, 3.05) is 39.3 Å². The van der Waals surface area contributed by atoms with Crippen LogP contribution < -0.4 is 5.73 Å². The maximum Gasteiger partial charge on any atom is 0.0702 e. The first-order chi connectivity index (χ1) is 9.80. The molecular formula is C16H31N3O. The molecule has 0 aromatic heterocycles. The second kappa shape index (κ2) is 6.30. The van der Waals surface area contributed by atoms with E-state index in [4.69, 9.17) is 10.5 Å². The van der Waals surface area contributed by atoms with E-state index in [1.54, 1.807) is 0 Å². The smallest absolute Gasteiger partial charge is 0.0702 e. The summed E-state index contributed by atoms with van der Waals surface area (Å²) in [5.41, 5.74) is 6.55. The SMILES string of the molecule is CCOC1CCCN(C2(CN)CCN3CCCCC32)C1. The van der Waals surface area contributed by atoms with Gasteiger partial charge in [-0.1, -0.05) is 6.42 Å². The summed E-state index contributed by atoms with van der Waals surface area (Å²) in [7, 11) is 0. The van der Waals surface area contributed by atoms with Crippen molar-refractivity contribution < 1.29 is 4.74 Å². The van der Waals surface area contributed by atoms with Crippen molar-refractivity contribution in [3.8, 4) is 0 Å². The summed E-state index contributed by atoms with van der Waals surface area (Å²) in [6, 6.07) is 0.696. The highest BCUT2D eigenvalue weighted by Gasteiger charge is 2.51. The molecule has 0 amide bonds. The van der Waals surface area contributed by atoms with Crippen molar-refractivity contribution in [3.05, 3.63) is 0 Å². The van der Waals surface area contributed by atoms with Crippen molar-refractivity contribution >= 4 is 0 Å². The van der Waals surface area contributed by atoms with E-state index < -0.39 is 0 Å². The summed E-state index contributed by atoms with van der Waals surface area (Å²) in [6.07, 6.45) is 8.26. The second-order valence-corrected chi connectivity index (χ2v) is 6.77. The third-order valence-electron chi connectivity index (χ3n) is 5.83. The molecule has 0 bridgehead atoms. The summed E-state index contributed by atoms with van der Waals surface area (Å²) < 4.78 is 5.90. The molecule has 0 aromatic rings. The normalized spacial score (nSPS) is 39.9. The van der Waals surface area contributed by atoms with Crippen molar-refractivity contribution in [2.24, 2.45) is 5.73 Å². The summed E-state index contributed by atoms with van der Waals surface area (Å²) in [5.74, 6) is 0. The predicted molar refractivity (Wildman–Crippen MR) is 81.8 cm³/mol. The zero-order valence-corrected chi connectivity index (χ0v) is 13.0. The van der Waals surface area contributed by atoms with E-state index in [9.17, 15) is 0 Å². The highest BCUT2D eigenvalue weighted by Crippen LogP contribution is 2.40. The van der Waals surface area contributed by atoms with Gasteiger partial charge in [0.2, 0.25) is 0 Å². The van der Waals surface area contributed by atoms with E-state index >= 15 is 0 Å². The molecule has 0 saturated carbocycles. The van der Waals surface area contributed by atoms with Crippen LogP contribution >= 0.6 is 0 Å². The van der Waals surface area contributed by atoms with E-state index in [1.807, 2.05) is 0 Å². The Labute approximate surface area is 123 Å². The number of likely N-dealkylation sites (tertiary alicyclic amines) is 1. The zero-order chi connectivity index (χ0) is 14.0. The maximum atomic E-state index is 6.32. The highest BCUT2D eigenvalue weighted by molar-refractivity contribution is 5.09. The van der Waals surface area contributed by atoms with Gasteiger partial charge in [0.1, 0.15) is 0 Å². The van der Waals surface area contributed by atoms with E-state index in [1.165, 1.54) is 58.2 Å². The average Bonchev–Trinajstić information content (AvgIpc) is 2.88. The van der Waals surface area contributed by atoms with Gasteiger partial charge in [-0.15, -0.1) is 0 Å². The molecule has 4 nitrogen and oxygen atoms in total. The third-order valence-corrected chi connectivity index (χ3v) is 5.83. The molecule has 3 unspecified atom stereocenters. The first-order valence-electron chi connectivity index (χ1n) is 8.61. The van der Waals surface area contributed by atoms with Crippen LogP contribution in [0.15, 0.2) is 0 Å². The minimum Gasteiger partial charge on any atom is -0.377 e. The number of nitrogens with zero attached hydrogens (tertiary/aromatic N) is 2. The Kier molecular flexibility index (Phi) is 4.65. The van der Waals surface area contributed by atoms with Crippen molar-refractivity contribution in [1.29, 1.82) is 0 Å². The molecular weight excluding hydrogens is 250 g/mol. The van der Waals surface area contributed by atoms with Crippen molar-refractivity contribution in [3.63, 3.8) is 0 Å². The molecule has 3 atom stereocenters. The van der Waals surface area contributed by atoms with Gasteiger partial charge < -0.3 is 10.5 Å². The summed E-state index contributed by atoms with van der Waals surface area (Å²) in [5, 5.41) is 0. The molecule has 20 heavy (non-hydrogen) atoms. The van der Waals surface area contributed by atoms with Gasteiger partial charge in [0.05, 0.1) is 6.10 Å². The van der Waals surface area contributed by atoms with Gasteiger partial charge in [0.25, 0.3) is 0 Å². The topological polar surface area (TPSA) is 41.7 Å². The molecule has 116 valence electrons. The standard InChI is InChI=1S/C16H31N3O/c1-2-20-14-6-5-10-19(12-14)16(13-17)8-11-18-9-4-3-7-15(16)18/h14-15H,2-13,17H2,1H3. The predicted octanol–water partition coefficient (Wildman–Crippen LogP) is 1.44. The zero-order valence-electron chi connectivity index (χ0n) is 13.0. The monoisotopic (exact) mass is 281 g/mol. The lowest BCUT2D eigenvalue weighted by Gasteiger charge is -2.50. The minimum atomic E-state index is 0.232. The van der Waals surface area contributed by atoms with E-state index in [0.29, 0.717) is 12.1 Å². The molecule has 4 heteroatoms. The van der Waals surface area contributed by atoms with Crippen LogP contribution in [0.4, 0.5) is 0 Å². The lowest BCUT2D eigenvalue weighted by Crippen LogP contribution is -2.64. The molecule has 3 aliphatic heterocycles. The number of rotatable bonds is 4. The minimum absolute atomic E-state index is 0.232. The number of hydrogen-bond donors (Lipinski definition) is 1. The van der Waals surface area contributed by atoms with Crippen LogP contribution in [-0.2, 0) is 4.74 Å². The summed E-state index contributed by atoms with van der Waals surface area (Å²) in [6.45, 7) is 8.60. The Morgan fingerprint density at radius 2 is 2.05 bits per heavy atom. The first kappa shape index (κ1) is 14.8. The Morgan fingerprint density at radius 3 is 2.85 bits per heavy atom. The van der Waals surface area contributed by atoms with Gasteiger partial charge in [-0.05, 0) is 52.1 Å². The second-order valence-electron chi connectivity index (χ2n) is 6.77. The van der Waals surface area contributed by atoms with Gasteiger partial charge >= 0.3 is 0 Å². The average molecular weight is 281 g/mol. The fourth-order valence-electron chi connectivity index (χ4n) is 4.82. The molecule has 3 saturated heterocycles. The quantitative estimate of drug-likeness (QED) is 0.847. The van der Waals surface area contributed by atoms with Crippen LogP contribution in [0.3, 0.4) is 0 Å². The van der Waals surface area contributed by atoms with Gasteiger partial charge in [0, 0.05) is 37.8 Å². The van der Waals surface area contributed by atoms with Crippen LogP contribution in [0.1, 0.15) is 45.4 Å². The fraction of sp³-hybridized carbons (Fsp3) is 1.00. The molecule has 3 rings (SSSR count). The largest absolute Gasteiger partial charge is 0.377 e. The maximum absolute atomic E-state index is 6.32. The fourth-order valence-corrected chi connectivity index (χ4v) is 4.82. The van der Waals surface area contributed by atoms with E-state index in [0.717, 1.165) is 19.7 Å². The van der Waals surface area contributed by atoms with Gasteiger partial charge in [-0.25, -0.2) is 0 Å². The van der Waals surface area contributed by atoms with Crippen LogP contribution in [0.2, 0.25) is 0 Å². The van der Waals surface area contributed by atoms with Crippen LogP contribution in [0, 0.1) is 0 Å². The lowest BCUT2D eigenvalue weighted by molar-refractivity contribution is -0.0464. The van der Waals surface area contributed by atoms with E-state index in [-0.39, 0.29) is 5.54 Å². The number of ether oxygens (including phenoxy) is 1.